The summed E-state index contributed by atoms with van der Waals surface area (Å²) in [4.78, 5) is 5.36. The van der Waals surface area contributed by atoms with Gasteiger partial charge in [0.15, 0.2) is 0 Å². The number of hydrogen-bond acceptors (Lipinski definition) is 4. The van der Waals surface area contributed by atoms with E-state index in [1.807, 2.05) is 30.3 Å². The summed E-state index contributed by atoms with van der Waals surface area (Å²) in [5, 5.41) is 7.28. The number of rotatable bonds is 11. The molecule has 0 saturated carbocycles. The van der Waals surface area contributed by atoms with Crippen LogP contribution >= 0.6 is 38.4 Å². The van der Waals surface area contributed by atoms with Gasteiger partial charge in [-0.3, -0.25) is 5.09 Å². The van der Waals surface area contributed by atoms with E-state index in [0.29, 0.717) is 27.6 Å². The van der Waals surface area contributed by atoms with Gasteiger partial charge >= 0.3 is 0 Å². The Labute approximate surface area is 138 Å². The van der Waals surface area contributed by atoms with Crippen LogP contribution in [0.15, 0.2) is 35.5 Å². The molecule has 4 atom stereocenters. The van der Waals surface area contributed by atoms with Gasteiger partial charge in [-0.15, -0.1) is 11.6 Å². The van der Waals surface area contributed by atoms with E-state index in [0.717, 1.165) is 24.1 Å². The van der Waals surface area contributed by atoms with Crippen LogP contribution in [0.5, 0.6) is 0 Å². The average Bonchev–Trinajstić information content (AvgIpc) is 2.54. The van der Waals surface area contributed by atoms with Gasteiger partial charge in [-0.2, -0.15) is 0 Å². The van der Waals surface area contributed by atoms with Gasteiger partial charge in [0.25, 0.3) is 0 Å². The Balaban J connectivity index is 2.34. The second-order valence-electron chi connectivity index (χ2n) is 4.38. The van der Waals surface area contributed by atoms with Gasteiger partial charge in [-0.1, -0.05) is 53.8 Å². The van der Waals surface area contributed by atoms with Crippen LogP contribution in [0.25, 0.3) is 0 Å². The summed E-state index contributed by atoms with van der Waals surface area (Å²) in [5.74, 6) is 0.380. The Hall–Kier alpha value is 0.190. The van der Waals surface area contributed by atoms with Gasteiger partial charge in [-0.25, -0.2) is 0 Å². The Bertz CT molecular complexity index is 410. The van der Waals surface area contributed by atoms with Gasteiger partial charge in [0.2, 0.25) is 0 Å². The van der Waals surface area contributed by atoms with Crippen molar-refractivity contribution in [2.24, 2.45) is 5.16 Å². The highest BCUT2D eigenvalue weighted by atomic mass is 35.5. The first-order valence-corrected chi connectivity index (χ1v) is 10.4. The number of oxime groups is 1. The molecular weight excluding hydrogens is 345 g/mol. The first-order valence-electron chi connectivity index (χ1n) is 6.61. The Morgan fingerprint density at radius 2 is 2.14 bits per heavy atom. The third-order valence-electron chi connectivity index (χ3n) is 2.81. The molecule has 1 rings (SSSR count). The molecule has 0 spiro atoms. The maximum atomic E-state index is 5.91. The van der Waals surface area contributed by atoms with Crippen molar-refractivity contribution < 1.29 is 9.36 Å². The van der Waals surface area contributed by atoms with Crippen molar-refractivity contribution in [3.05, 3.63) is 35.9 Å². The topological polar surface area (TPSA) is 42.9 Å². The van der Waals surface area contributed by atoms with Gasteiger partial charge in [-0.05, 0) is 18.4 Å². The summed E-state index contributed by atoms with van der Waals surface area (Å²) in [6.45, 7) is 1.13. The molecule has 0 fully saturated rings. The predicted molar refractivity (Wildman–Crippen MR) is 99.2 cm³/mol. The minimum absolute atomic E-state index is 0.269. The number of hydrogen-bond donors (Lipinski definition) is 1. The zero-order chi connectivity index (χ0) is 15.3. The van der Waals surface area contributed by atoms with Crippen molar-refractivity contribution in [1.29, 1.82) is 0 Å². The van der Waals surface area contributed by atoms with Crippen molar-refractivity contribution in [2.45, 2.75) is 25.5 Å². The molecular formula is C13H22ClN2O2P3. The highest BCUT2D eigenvalue weighted by Crippen LogP contribution is 2.21. The molecule has 0 aliphatic rings. The molecule has 0 radical (unpaired) electrons. The number of halogens is 1. The molecule has 0 bridgehead atoms. The minimum atomic E-state index is 0.269. The molecule has 1 aromatic carbocycles. The number of alkyl halides is 1. The predicted octanol–water partition coefficient (Wildman–Crippen LogP) is 3.73. The Morgan fingerprint density at radius 1 is 1.38 bits per heavy atom. The van der Waals surface area contributed by atoms with Crippen LogP contribution in [0.3, 0.4) is 0 Å². The van der Waals surface area contributed by atoms with Crippen molar-refractivity contribution in [1.82, 2.24) is 5.09 Å². The van der Waals surface area contributed by atoms with E-state index in [9.17, 15) is 0 Å². The van der Waals surface area contributed by atoms with Crippen molar-refractivity contribution in [3.63, 3.8) is 0 Å². The van der Waals surface area contributed by atoms with Crippen LogP contribution < -0.4 is 5.09 Å². The molecule has 21 heavy (non-hydrogen) atoms. The molecule has 1 aromatic rings. The van der Waals surface area contributed by atoms with E-state index in [1.165, 1.54) is 0 Å². The van der Waals surface area contributed by atoms with Crippen LogP contribution in [0.4, 0.5) is 0 Å². The summed E-state index contributed by atoms with van der Waals surface area (Å²) in [5.41, 5.74) is 1.95. The molecule has 0 saturated heterocycles. The molecule has 118 valence electrons. The third kappa shape index (κ3) is 9.04. The van der Waals surface area contributed by atoms with Gasteiger partial charge in [0, 0.05) is 14.5 Å². The van der Waals surface area contributed by atoms with E-state index < -0.39 is 0 Å². The summed E-state index contributed by atoms with van der Waals surface area (Å²) in [6.07, 6.45) is 1.69. The highest BCUT2D eigenvalue weighted by Gasteiger charge is 2.08. The fourth-order valence-corrected chi connectivity index (χ4v) is 2.64. The SMILES string of the molecule is PN[C@@H](CC/C(CCl)=N\OCc1ccccc1)COPP. The molecule has 1 N–H and O–H groups in total. The Morgan fingerprint density at radius 3 is 2.76 bits per heavy atom. The minimum Gasteiger partial charge on any atom is -0.391 e. The van der Waals surface area contributed by atoms with Gasteiger partial charge in [0.05, 0.1) is 18.2 Å². The number of nitrogens with one attached hydrogen (secondary N) is 1. The lowest BCUT2D eigenvalue weighted by Gasteiger charge is -2.15. The van der Waals surface area contributed by atoms with E-state index in [-0.39, 0.29) is 6.04 Å². The van der Waals surface area contributed by atoms with Crippen molar-refractivity contribution in [2.75, 3.05) is 12.5 Å². The first kappa shape index (κ1) is 19.2. The molecule has 0 heterocycles. The standard InChI is InChI=1S/C13H22ClN2O2P3/c14-8-12(6-7-13(16-19)10-18-21-20)15-17-9-11-4-2-1-3-5-11/h1-5,13,16,21H,6-10,19-20H2/b15-12+/t13-/m0/s1. The fourth-order valence-electron chi connectivity index (χ4n) is 1.61. The molecule has 0 aliphatic heterocycles. The summed E-state index contributed by atoms with van der Waals surface area (Å²) in [6, 6.07) is 10.2. The number of benzene rings is 1. The molecule has 4 nitrogen and oxygen atoms in total. The third-order valence-corrected chi connectivity index (χ3v) is 4.42. The van der Waals surface area contributed by atoms with E-state index in [2.05, 4.69) is 28.6 Å². The fraction of sp³-hybridized carbons (Fsp3) is 0.462. The monoisotopic (exact) mass is 366 g/mol. The van der Waals surface area contributed by atoms with Crippen LogP contribution in [0, 0.1) is 0 Å². The molecule has 0 amide bonds. The second-order valence-corrected chi connectivity index (χ2v) is 6.21. The molecule has 3 unspecified atom stereocenters. The highest BCUT2D eigenvalue weighted by molar-refractivity contribution is 8.00. The smallest absolute Gasteiger partial charge is 0.142 e. The van der Waals surface area contributed by atoms with Crippen molar-refractivity contribution >= 4 is 44.1 Å². The molecule has 8 heteroatoms. The van der Waals surface area contributed by atoms with Crippen LogP contribution in [-0.4, -0.2) is 24.2 Å². The van der Waals surface area contributed by atoms with E-state index in [4.69, 9.17) is 21.0 Å². The zero-order valence-corrected chi connectivity index (χ0v) is 15.9. The van der Waals surface area contributed by atoms with Crippen LogP contribution in [-0.2, 0) is 16.0 Å². The average molecular weight is 367 g/mol. The first-order chi connectivity index (χ1) is 10.3. The number of nitrogens with zero attached hydrogens (tertiary/aromatic N) is 1. The lowest BCUT2D eigenvalue weighted by molar-refractivity contribution is 0.129. The summed E-state index contributed by atoms with van der Waals surface area (Å²) >= 11 is 5.91. The maximum absolute atomic E-state index is 5.91. The van der Waals surface area contributed by atoms with Crippen LogP contribution in [0.2, 0.25) is 0 Å². The normalized spacial score (nSPS) is 13.8. The zero-order valence-electron chi connectivity index (χ0n) is 11.8. The van der Waals surface area contributed by atoms with Crippen LogP contribution in [0.1, 0.15) is 18.4 Å². The summed E-state index contributed by atoms with van der Waals surface area (Å²) < 4.78 is 5.40. The lowest BCUT2D eigenvalue weighted by Crippen LogP contribution is -2.26. The second kappa shape index (κ2) is 12.7. The maximum Gasteiger partial charge on any atom is 0.142 e. The van der Waals surface area contributed by atoms with Gasteiger partial charge in [0.1, 0.15) is 6.61 Å². The van der Waals surface area contributed by atoms with Gasteiger partial charge < -0.3 is 9.36 Å². The van der Waals surface area contributed by atoms with E-state index in [1.54, 1.807) is 0 Å². The largest absolute Gasteiger partial charge is 0.391 e. The van der Waals surface area contributed by atoms with E-state index >= 15 is 0 Å². The molecule has 0 aliphatic carbocycles. The quantitative estimate of drug-likeness (QED) is 0.281. The molecule has 0 aromatic heterocycles. The lowest BCUT2D eigenvalue weighted by atomic mass is 10.1. The summed E-state index contributed by atoms with van der Waals surface area (Å²) in [7, 11) is 5.52. The Kier molecular flexibility index (Phi) is 11.6. The van der Waals surface area contributed by atoms with Crippen molar-refractivity contribution in [3.8, 4) is 0 Å².